The first-order valence-electron chi connectivity index (χ1n) is 19.9. The van der Waals surface area contributed by atoms with Crippen LogP contribution in [0.3, 0.4) is 0 Å². The Kier molecular flexibility index (Phi) is 15.8. The maximum Gasteiger partial charge on any atom is 0.410 e. The SMILES string of the molecule is COc1ccccc1COCCCOc1ccc(C2CCN(C(=O)OCc3ccccc3)CC2OCc2ccc(C)c(OCCOS(=O)(=O)c3ccc(C)cc3)c2)cc1. The van der Waals surface area contributed by atoms with Crippen LogP contribution in [0.4, 0.5) is 4.79 Å². The van der Waals surface area contributed by atoms with Gasteiger partial charge in [0.25, 0.3) is 10.1 Å². The molecule has 1 amide bonds. The number of ether oxygens (including phenoxy) is 6. The van der Waals surface area contributed by atoms with Gasteiger partial charge < -0.3 is 33.3 Å². The molecule has 2 atom stereocenters. The van der Waals surface area contributed by atoms with E-state index in [1.54, 1.807) is 24.1 Å². The molecule has 0 radical (unpaired) electrons. The van der Waals surface area contributed by atoms with Crippen molar-refractivity contribution in [2.45, 2.75) is 63.4 Å². The van der Waals surface area contributed by atoms with E-state index in [1.807, 2.05) is 98.8 Å². The largest absolute Gasteiger partial charge is 0.496 e. The van der Waals surface area contributed by atoms with Crippen LogP contribution < -0.4 is 14.2 Å². The smallest absolute Gasteiger partial charge is 0.410 e. The molecule has 0 spiro atoms. The predicted molar refractivity (Wildman–Crippen MR) is 224 cm³/mol. The lowest BCUT2D eigenvalue weighted by molar-refractivity contribution is -0.0246. The molecular weight excluding hydrogens is 771 g/mol. The molecule has 1 fully saturated rings. The first kappa shape index (κ1) is 43.2. The molecule has 1 aliphatic heterocycles. The van der Waals surface area contributed by atoms with E-state index >= 15 is 0 Å². The van der Waals surface area contributed by atoms with Gasteiger partial charge in [0, 0.05) is 24.4 Å². The highest BCUT2D eigenvalue weighted by molar-refractivity contribution is 7.86. The standard InChI is InChI=1S/C47H53NO10S/c1-35-14-22-42(23-15-35)59(50,51)58-29-28-55-45-30-38(17-16-36(45)2)33-56-46-31-48(47(49)57-32-37-10-5-4-6-11-37)25-24-43(46)39-18-20-41(21-19-39)54-27-9-26-53-34-40-12-7-8-13-44(40)52-3/h4-8,10-23,30,43,46H,9,24-29,31-34H2,1-3H3. The topological polar surface area (TPSA) is 119 Å². The van der Waals surface area contributed by atoms with Crippen molar-refractivity contribution in [2.24, 2.45) is 0 Å². The Morgan fingerprint density at radius 1 is 0.729 bits per heavy atom. The molecule has 0 saturated carbocycles. The summed E-state index contributed by atoms with van der Waals surface area (Å²) in [6, 6.07) is 37.8. The van der Waals surface area contributed by atoms with Gasteiger partial charge in [-0.2, -0.15) is 8.42 Å². The van der Waals surface area contributed by atoms with E-state index < -0.39 is 10.1 Å². The monoisotopic (exact) mass is 823 g/mol. The highest BCUT2D eigenvalue weighted by Crippen LogP contribution is 2.33. The molecule has 12 heteroatoms. The average molecular weight is 824 g/mol. The minimum absolute atomic E-state index is 0.0133. The van der Waals surface area contributed by atoms with Gasteiger partial charge in [0.05, 0.1) is 51.1 Å². The van der Waals surface area contributed by atoms with E-state index in [0.29, 0.717) is 45.1 Å². The van der Waals surface area contributed by atoms with Gasteiger partial charge in [-0.25, -0.2) is 4.79 Å². The van der Waals surface area contributed by atoms with Gasteiger partial charge in [-0.1, -0.05) is 90.5 Å². The lowest BCUT2D eigenvalue weighted by Crippen LogP contribution is -2.47. The first-order chi connectivity index (χ1) is 28.7. The number of methoxy groups -OCH3 is 1. The normalized spacial score (nSPS) is 15.4. The molecule has 6 rings (SSSR count). The summed E-state index contributed by atoms with van der Waals surface area (Å²) < 4.78 is 66.0. The van der Waals surface area contributed by atoms with Crippen molar-refractivity contribution in [2.75, 3.05) is 46.6 Å². The van der Waals surface area contributed by atoms with E-state index in [-0.39, 0.29) is 49.4 Å². The lowest BCUT2D eigenvalue weighted by atomic mass is 9.87. The summed E-state index contributed by atoms with van der Waals surface area (Å²) >= 11 is 0. The molecule has 0 aromatic heterocycles. The van der Waals surface area contributed by atoms with Crippen molar-refractivity contribution < 1.29 is 45.8 Å². The molecule has 1 saturated heterocycles. The van der Waals surface area contributed by atoms with Crippen LogP contribution in [0.15, 0.2) is 126 Å². The second-order valence-electron chi connectivity index (χ2n) is 14.4. The number of carbonyl (C=O) groups excluding carboxylic acids is 1. The Morgan fingerprint density at radius 3 is 2.27 bits per heavy atom. The van der Waals surface area contributed by atoms with Gasteiger partial charge in [0.15, 0.2) is 0 Å². The van der Waals surface area contributed by atoms with Crippen LogP contribution in [0.1, 0.15) is 52.1 Å². The average Bonchev–Trinajstić information content (AvgIpc) is 3.26. The molecule has 5 aromatic rings. The number of para-hydroxylation sites is 1. The third kappa shape index (κ3) is 12.8. The predicted octanol–water partition coefficient (Wildman–Crippen LogP) is 8.79. The van der Waals surface area contributed by atoms with Crippen molar-refractivity contribution in [1.29, 1.82) is 0 Å². The maximum atomic E-state index is 13.3. The summed E-state index contributed by atoms with van der Waals surface area (Å²) in [4.78, 5) is 15.1. The van der Waals surface area contributed by atoms with Crippen LogP contribution in [0.2, 0.25) is 0 Å². The minimum atomic E-state index is -3.90. The fraction of sp³-hybridized carbons (Fsp3) is 0.340. The zero-order valence-electron chi connectivity index (χ0n) is 33.9. The Hall–Kier alpha value is -5.40. The number of nitrogens with zero attached hydrogens (tertiary/aromatic N) is 1. The van der Waals surface area contributed by atoms with E-state index in [4.69, 9.17) is 32.6 Å². The number of benzene rings is 5. The Balaban J connectivity index is 1.04. The number of rotatable bonds is 20. The number of hydrogen-bond donors (Lipinski definition) is 0. The van der Waals surface area contributed by atoms with Crippen LogP contribution in [0, 0.1) is 13.8 Å². The van der Waals surface area contributed by atoms with Crippen LogP contribution in [-0.2, 0) is 48.3 Å². The van der Waals surface area contributed by atoms with Crippen LogP contribution in [0.5, 0.6) is 17.2 Å². The van der Waals surface area contributed by atoms with Crippen LogP contribution in [-0.4, -0.2) is 72.1 Å². The number of likely N-dealkylation sites (tertiary alicyclic amines) is 1. The van der Waals surface area contributed by atoms with Crippen molar-refractivity contribution >= 4 is 16.2 Å². The summed E-state index contributed by atoms with van der Waals surface area (Å²) in [7, 11) is -2.24. The third-order valence-electron chi connectivity index (χ3n) is 10.1. The molecular formula is C47H53NO10S. The molecule has 1 heterocycles. The van der Waals surface area contributed by atoms with Crippen molar-refractivity contribution in [3.05, 3.63) is 155 Å². The lowest BCUT2D eigenvalue weighted by Gasteiger charge is -2.38. The Labute approximate surface area is 347 Å². The van der Waals surface area contributed by atoms with Crippen LogP contribution in [0.25, 0.3) is 0 Å². The molecule has 59 heavy (non-hydrogen) atoms. The van der Waals surface area contributed by atoms with Gasteiger partial charge in [-0.3, -0.25) is 4.18 Å². The number of aryl methyl sites for hydroxylation is 2. The molecule has 0 aliphatic carbocycles. The van der Waals surface area contributed by atoms with Crippen LogP contribution >= 0.6 is 0 Å². The minimum Gasteiger partial charge on any atom is -0.496 e. The van der Waals surface area contributed by atoms with Crippen molar-refractivity contribution in [3.63, 3.8) is 0 Å². The summed E-state index contributed by atoms with van der Waals surface area (Å²) in [6.45, 7) is 6.60. The van der Waals surface area contributed by atoms with Gasteiger partial charge in [-0.15, -0.1) is 0 Å². The third-order valence-corrected chi connectivity index (χ3v) is 11.4. The zero-order chi connectivity index (χ0) is 41.5. The fourth-order valence-electron chi connectivity index (χ4n) is 6.77. The second kappa shape index (κ2) is 21.6. The van der Waals surface area contributed by atoms with E-state index in [9.17, 15) is 13.2 Å². The van der Waals surface area contributed by atoms with Gasteiger partial charge in [0.2, 0.25) is 0 Å². The fourth-order valence-corrected chi connectivity index (χ4v) is 7.66. The summed E-state index contributed by atoms with van der Waals surface area (Å²) in [5.74, 6) is 2.20. The van der Waals surface area contributed by atoms with E-state index in [2.05, 4.69) is 12.1 Å². The zero-order valence-corrected chi connectivity index (χ0v) is 34.7. The molecule has 11 nitrogen and oxygen atoms in total. The molecule has 312 valence electrons. The van der Waals surface area contributed by atoms with Gasteiger partial charge >= 0.3 is 6.09 Å². The number of piperidine rings is 1. The summed E-state index contributed by atoms with van der Waals surface area (Å²) in [5.41, 5.74) is 5.74. The van der Waals surface area contributed by atoms with Crippen molar-refractivity contribution in [1.82, 2.24) is 4.90 Å². The molecule has 0 N–H and O–H groups in total. The Morgan fingerprint density at radius 2 is 1.49 bits per heavy atom. The number of amides is 1. The highest BCUT2D eigenvalue weighted by atomic mass is 32.2. The van der Waals surface area contributed by atoms with Crippen molar-refractivity contribution in [3.8, 4) is 17.2 Å². The Bertz CT molecular complexity index is 2180. The van der Waals surface area contributed by atoms with E-state index in [1.165, 1.54) is 12.1 Å². The number of hydrogen-bond acceptors (Lipinski definition) is 10. The summed E-state index contributed by atoms with van der Waals surface area (Å²) in [6.07, 6.45) is 0.712. The molecule has 5 aromatic carbocycles. The molecule has 1 aliphatic rings. The first-order valence-corrected chi connectivity index (χ1v) is 21.3. The summed E-state index contributed by atoms with van der Waals surface area (Å²) in [5, 5.41) is 0. The van der Waals surface area contributed by atoms with E-state index in [0.717, 1.165) is 51.3 Å². The van der Waals surface area contributed by atoms with Gasteiger partial charge in [-0.05, 0) is 78.9 Å². The maximum absolute atomic E-state index is 13.3. The second-order valence-corrected chi connectivity index (χ2v) is 16.0. The van der Waals surface area contributed by atoms with Gasteiger partial charge in [0.1, 0.15) is 37.1 Å². The highest BCUT2D eigenvalue weighted by Gasteiger charge is 2.34. The number of carbonyl (C=O) groups is 1. The molecule has 0 bridgehead atoms. The quantitative estimate of drug-likeness (QED) is 0.0557. The molecule has 2 unspecified atom stereocenters.